The zero-order valence-electron chi connectivity index (χ0n) is 14.3. The molecule has 0 bridgehead atoms. The number of alkyl carbamates (subject to hydrolysis) is 1. The monoisotopic (exact) mass is 325 g/mol. The Bertz CT molecular complexity index is 349. The molecule has 0 aromatic carbocycles. The summed E-state index contributed by atoms with van der Waals surface area (Å²) in [5.41, 5.74) is -0.725. The van der Waals surface area contributed by atoms with Gasteiger partial charge in [0.2, 0.25) is 0 Å². The number of rotatable bonds is 5. The van der Waals surface area contributed by atoms with E-state index in [2.05, 4.69) is 5.32 Å². The summed E-state index contributed by atoms with van der Waals surface area (Å²) in [6, 6.07) is -1.37. The normalized spacial score (nSPS) is 15.0. The zero-order valence-corrected chi connectivity index (χ0v) is 15.3. The molecule has 0 heterocycles. The number of carbonyl (C=O) groups is 1. The van der Waals surface area contributed by atoms with Crippen molar-refractivity contribution in [3.05, 3.63) is 0 Å². The van der Waals surface area contributed by atoms with E-state index >= 15 is 0 Å². The Morgan fingerprint density at radius 2 is 1.62 bits per heavy atom. The number of amides is 1. The van der Waals surface area contributed by atoms with E-state index in [1.54, 1.807) is 20.8 Å². The van der Waals surface area contributed by atoms with Crippen molar-refractivity contribution in [3.8, 4) is 0 Å². The van der Waals surface area contributed by atoms with Crippen LogP contribution in [0, 0.1) is 0 Å². The van der Waals surface area contributed by atoms with E-state index in [0.29, 0.717) is 0 Å². The van der Waals surface area contributed by atoms with Gasteiger partial charge in [-0.15, -0.1) is 0 Å². The third-order valence-electron chi connectivity index (χ3n) is 3.44. The van der Waals surface area contributed by atoms with Gasteiger partial charge in [0.1, 0.15) is 11.6 Å². The lowest BCUT2D eigenvalue weighted by Crippen LogP contribution is -2.49. The van der Waals surface area contributed by atoms with Gasteiger partial charge in [0.05, 0.1) is 6.61 Å². The van der Waals surface area contributed by atoms with Crippen molar-refractivity contribution in [3.63, 3.8) is 0 Å². The van der Waals surface area contributed by atoms with E-state index in [0.717, 1.165) is 0 Å². The lowest BCUT2D eigenvalue weighted by Gasteiger charge is -2.37. The highest BCUT2D eigenvalue weighted by Crippen LogP contribution is 2.36. The Labute approximate surface area is 127 Å². The minimum Gasteiger partial charge on any atom is -0.444 e. The number of hydrogen-bond donors (Lipinski definition) is 1. The Kier molecular flexibility index (Phi) is 6.81. The summed E-state index contributed by atoms with van der Waals surface area (Å²) >= 11 is 0. The molecular formula is C14H29F2NO3Si. The van der Waals surface area contributed by atoms with Gasteiger partial charge in [-0.3, -0.25) is 0 Å². The van der Waals surface area contributed by atoms with E-state index in [-0.39, 0.29) is 11.6 Å². The molecule has 126 valence electrons. The highest BCUT2D eigenvalue weighted by atomic mass is 28.4. The second-order valence-corrected chi connectivity index (χ2v) is 12.5. The minimum atomic E-state index is -2.71. The van der Waals surface area contributed by atoms with Gasteiger partial charge in [-0.1, -0.05) is 20.8 Å². The van der Waals surface area contributed by atoms with Crippen LogP contribution in [0.2, 0.25) is 18.1 Å². The molecule has 0 saturated heterocycles. The highest BCUT2D eigenvalue weighted by Gasteiger charge is 2.38. The van der Waals surface area contributed by atoms with Crippen molar-refractivity contribution in [1.29, 1.82) is 0 Å². The average molecular weight is 325 g/mol. The number of carbonyl (C=O) groups excluding carboxylic acids is 1. The molecule has 0 aliphatic heterocycles. The van der Waals surface area contributed by atoms with Crippen LogP contribution in [0.4, 0.5) is 13.6 Å². The molecule has 0 unspecified atom stereocenters. The van der Waals surface area contributed by atoms with Crippen molar-refractivity contribution in [2.24, 2.45) is 0 Å². The SMILES string of the molecule is CC(C)(C)OC(=O)N[C@H](CO[Si](C)(C)C(C)(C)C)C(F)F. The topological polar surface area (TPSA) is 47.6 Å². The number of halogens is 2. The summed E-state index contributed by atoms with van der Waals surface area (Å²) < 4.78 is 36.8. The summed E-state index contributed by atoms with van der Waals surface area (Å²) in [5, 5.41) is 2.11. The lowest BCUT2D eigenvalue weighted by molar-refractivity contribution is 0.0288. The summed E-state index contributed by atoms with van der Waals surface area (Å²) in [6.45, 7) is 14.8. The predicted molar refractivity (Wildman–Crippen MR) is 82.3 cm³/mol. The molecular weight excluding hydrogens is 296 g/mol. The summed E-state index contributed by atoms with van der Waals surface area (Å²) in [4.78, 5) is 11.6. The van der Waals surface area contributed by atoms with Gasteiger partial charge in [-0.05, 0) is 38.9 Å². The second kappa shape index (κ2) is 7.04. The van der Waals surface area contributed by atoms with Crippen LogP contribution in [0.3, 0.4) is 0 Å². The van der Waals surface area contributed by atoms with Crippen molar-refractivity contribution in [2.45, 2.75) is 77.7 Å². The molecule has 1 N–H and O–H groups in total. The van der Waals surface area contributed by atoms with Crippen LogP contribution < -0.4 is 5.32 Å². The van der Waals surface area contributed by atoms with Gasteiger partial charge in [-0.2, -0.15) is 0 Å². The maximum Gasteiger partial charge on any atom is 0.408 e. The largest absolute Gasteiger partial charge is 0.444 e. The maximum atomic E-state index is 13.0. The number of ether oxygens (including phenoxy) is 1. The van der Waals surface area contributed by atoms with Crippen LogP contribution in [-0.4, -0.2) is 39.1 Å². The van der Waals surface area contributed by atoms with Crippen LogP contribution in [0.15, 0.2) is 0 Å². The number of alkyl halides is 2. The Hall–Kier alpha value is -0.693. The fourth-order valence-corrected chi connectivity index (χ4v) is 2.18. The molecule has 0 aromatic rings. The first kappa shape index (κ1) is 20.3. The smallest absolute Gasteiger partial charge is 0.408 e. The Balaban J connectivity index is 4.63. The maximum absolute atomic E-state index is 13.0. The first-order valence-electron chi connectivity index (χ1n) is 7.07. The van der Waals surface area contributed by atoms with Crippen molar-refractivity contribution in [1.82, 2.24) is 5.32 Å². The van der Waals surface area contributed by atoms with Gasteiger partial charge < -0.3 is 14.5 Å². The molecule has 0 saturated carbocycles. The highest BCUT2D eigenvalue weighted by molar-refractivity contribution is 6.74. The van der Waals surface area contributed by atoms with Crippen LogP contribution in [0.5, 0.6) is 0 Å². The third kappa shape index (κ3) is 7.76. The molecule has 0 rings (SSSR count). The van der Waals surface area contributed by atoms with E-state index < -0.39 is 32.5 Å². The minimum absolute atomic E-state index is 0.0778. The molecule has 4 nitrogen and oxygen atoms in total. The first-order chi connectivity index (χ1) is 9.16. The molecule has 0 aromatic heterocycles. The third-order valence-corrected chi connectivity index (χ3v) is 7.94. The van der Waals surface area contributed by atoms with Crippen molar-refractivity contribution < 1.29 is 22.7 Å². The second-order valence-electron chi connectivity index (χ2n) is 7.66. The molecule has 1 atom stereocenters. The van der Waals surface area contributed by atoms with E-state index in [4.69, 9.17) is 9.16 Å². The molecule has 0 fully saturated rings. The van der Waals surface area contributed by atoms with Gasteiger partial charge in [0, 0.05) is 0 Å². The predicted octanol–water partition coefficient (Wildman–Crippen LogP) is 4.17. The van der Waals surface area contributed by atoms with Crippen LogP contribution in [0.25, 0.3) is 0 Å². The fourth-order valence-electron chi connectivity index (χ4n) is 1.15. The molecule has 0 aliphatic rings. The molecule has 0 spiro atoms. The molecule has 21 heavy (non-hydrogen) atoms. The van der Waals surface area contributed by atoms with Gasteiger partial charge in [-0.25, -0.2) is 13.6 Å². The van der Waals surface area contributed by atoms with Crippen molar-refractivity contribution in [2.75, 3.05) is 6.61 Å². The quantitative estimate of drug-likeness (QED) is 0.772. The summed E-state index contributed by atoms with van der Waals surface area (Å²) in [6.07, 6.45) is -3.56. The molecule has 1 amide bonds. The molecule has 0 aliphatic carbocycles. The van der Waals surface area contributed by atoms with Gasteiger partial charge in [0.25, 0.3) is 6.43 Å². The van der Waals surface area contributed by atoms with Crippen LogP contribution in [-0.2, 0) is 9.16 Å². The van der Waals surface area contributed by atoms with Crippen LogP contribution >= 0.6 is 0 Å². The van der Waals surface area contributed by atoms with Crippen LogP contribution in [0.1, 0.15) is 41.5 Å². The number of nitrogens with one attached hydrogen (secondary N) is 1. The molecule has 0 radical (unpaired) electrons. The van der Waals surface area contributed by atoms with Gasteiger partial charge >= 0.3 is 6.09 Å². The first-order valence-corrected chi connectivity index (χ1v) is 9.98. The van der Waals surface area contributed by atoms with E-state index in [1.165, 1.54) is 0 Å². The summed E-state index contributed by atoms with van der Waals surface area (Å²) in [5.74, 6) is 0. The van der Waals surface area contributed by atoms with Crippen molar-refractivity contribution >= 4 is 14.4 Å². The Morgan fingerprint density at radius 3 is 1.95 bits per heavy atom. The molecule has 7 heteroatoms. The van der Waals surface area contributed by atoms with E-state index in [1.807, 2.05) is 33.9 Å². The Morgan fingerprint density at radius 1 is 1.14 bits per heavy atom. The average Bonchev–Trinajstić information content (AvgIpc) is 2.19. The van der Waals surface area contributed by atoms with E-state index in [9.17, 15) is 13.6 Å². The fraction of sp³-hybridized carbons (Fsp3) is 0.929. The summed E-state index contributed by atoms with van der Waals surface area (Å²) in [7, 11) is -2.14. The zero-order chi connectivity index (χ0) is 17.1. The lowest BCUT2D eigenvalue weighted by atomic mass is 10.2. The number of hydrogen-bond acceptors (Lipinski definition) is 3. The standard InChI is InChI=1S/C14H29F2NO3Si/c1-13(2,3)20-12(18)17-10(11(15)16)9-19-21(7,8)14(4,5)6/h10-11H,9H2,1-8H3,(H,17,18)/t10-/m1/s1. The van der Waals surface area contributed by atoms with Gasteiger partial charge in [0.15, 0.2) is 8.32 Å².